The van der Waals surface area contributed by atoms with Gasteiger partial charge < -0.3 is 29.5 Å². The largest absolute Gasteiger partial charge is 0.490 e. The van der Waals surface area contributed by atoms with Crippen molar-refractivity contribution in [2.24, 2.45) is 11.8 Å². The summed E-state index contributed by atoms with van der Waals surface area (Å²) in [5.74, 6) is -0.216. The highest BCUT2D eigenvalue weighted by Gasteiger charge is 2.46. The van der Waals surface area contributed by atoms with Gasteiger partial charge in [0, 0.05) is 37.1 Å². The van der Waals surface area contributed by atoms with Crippen molar-refractivity contribution >= 4 is 29.2 Å². The number of ether oxygens (including phenoxy) is 2. The van der Waals surface area contributed by atoms with Gasteiger partial charge >= 0.3 is 5.97 Å². The van der Waals surface area contributed by atoms with E-state index in [-0.39, 0.29) is 28.7 Å². The van der Waals surface area contributed by atoms with Crippen molar-refractivity contribution in [1.82, 2.24) is 4.90 Å². The summed E-state index contributed by atoms with van der Waals surface area (Å²) < 4.78 is 11.6. The molecule has 6 rings (SSSR count). The number of hydrogen-bond acceptors (Lipinski definition) is 7. The lowest BCUT2D eigenvalue weighted by Gasteiger charge is -2.45. The number of esters is 1. The molecule has 2 aliphatic carbocycles. The van der Waals surface area contributed by atoms with E-state index in [4.69, 9.17) is 21.1 Å². The first-order valence-electron chi connectivity index (χ1n) is 15.3. The molecular weight excluding hydrogens is 568 g/mol. The fourth-order valence-corrected chi connectivity index (χ4v) is 7.71. The van der Waals surface area contributed by atoms with E-state index in [0.717, 1.165) is 42.8 Å². The van der Waals surface area contributed by atoms with E-state index in [0.29, 0.717) is 38.4 Å². The summed E-state index contributed by atoms with van der Waals surface area (Å²) in [6.45, 7) is 2.24. The maximum atomic E-state index is 13.2. The molecule has 0 saturated heterocycles. The number of methoxy groups -OCH3 is 1. The molecule has 1 amide bonds. The van der Waals surface area contributed by atoms with Crippen LogP contribution in [0.2, 0.25) is 5.02 Å². The van der Waals surface area contributed by atoms with Crippen LogP contribution in [0, 0.1) is 11.8 Å². The third-order valence-electron chi connectivity index (χ3n) is 10.2. The first-order valence-corrected chi connectivity index (χ1v) is 15.7. The van der Waals surface area contributed by atoms with Gasteiger partial charge in [-0.15, -0.1) is 0 Å². The summed E-state index contributed by atoms with van der Waals surface area (Å²) in [4.78, 5) is 30.2. The fourth-order valence-electron chi connectivity index (χ4n) is 7.51. The Kier molecular flexibility index (Phi) is 8.22. The number of amides is 1. The lowest BCUT2D eigenvalue weighted by molar-refractivity contribution is -0.168. The third kappa shape index (κ3) is 5.54. The molecule has 8 nitrogen and oxygen atoms in total. The Labute approximate surface area is 258 Å². The molecule has 4 aliphatic rings. The molecule has 0 unspecified atom stereocenters. The quantitative estimate of drug-likeness (QED) is 0.366. The number of aliphatic hydroxyl groups is 2. The van der Waals surface area contributed by atoms with Crippen LogP contribution < -0.4 is 9.64 Å². The van der Waals surface area contributed by atoms with Crippen molar-refractivity contribution in [2.75, 3.05) is 45.3 Å². The Morgan fingerprint density at radius 1 is 1.19 bits per heavy atom. The average Bonchev–Trinajstić information content (AvgIpc) is 3.13. The Morgan fingerprint density at radius 3 is 2.79 bits per heavy atom. The molecule has 2 aromatic rings. The van der Waals surface area contributed by atoms with E-state index in [9.17, 15) is 19.8 Å². The van der Waals surface area contributed by atoms with Gasteiger partial charge in [0.15, 0.2) is 5.60 Å². The molecule has 2 aromatic carbocycles. The Bertz CT molecular complexity index is 1430. The van der Waals surface area contributed by atoms with E-state index in [1.165, 1.54) is 23.1 Å². The minimum atomic E-state index is -2.17. The SMILES string of the molecule is COC(=O)[C@]1(O)CC(=O)N(C)CC/C=C\[C@@H](O)[C@@H]2CC[C@H]2CN2C[C@@]3(CCCc4cc(Cl)ccc43)COc3ccc1cc32. The van der Waals surface area contributed by atoms with Gasteiger partial charge in [-0.25, -0.2) is 4.79 Å². The number of benzene rings is 2. The molecule has 2 N–H and O–H groups in total. The molecule has 9 heteroatoms. The number of aryl methyl sites for hydroxylation is 1. The Balaban J connectivity index is 1.46. The number of fused-ring (bicyclic) bond motifs is 4. The lowest BCUT2D eigenvalue weighted by Crippen LogP contribution is -2.49. The number of aliphatic hydroxyl groups excluding tert-OH is 1. The molecule has 43 heavy (non-hydrogen) atoms. The maximum Gasteiger partial charge on any atom is 0.343 e. The number of carbonyl (C=O) groups excluding carboxylic acids is 2. The number of rotatable bonds is 1. The molecule has 0 radical (unpaired) electrons. The molecule has 230 valence electrons. The summed E-state index contributed by atoms with van der Waals surface area (Å²) in [6.07, 6.45) is 8.19. The van der Waals surface area contributed by atoms with Crippen molar-refractivity contribution in [2.45, 2.75) is 62.1 Å². The van der Waals surface area contributed by atoms with Crippen LogP contribution in [-0.2, 0) is 31.8 Å². The highest BCUT2D eigenvalue weighted by atomic mass is 35.5. The molecule has 5 atom stereocenters. The fraction of sp³-hybridized carbons (Fsp3) is 0.529. The predicted molar refractivity (Wildman–Crippen MR) is 164 cm³/mol. The molecule has 1 spiro atoms. The average molecular weight is 609 g/mol. The van der Waals surface area contributed by atoms with Crippen LogP contribution in [0.3, 0.4) is 0 Å². The van der Waals surface area contributed by atoms with E-state index in [1.54, 1.807) is 25.2 Å². The first-order chi connectivity index (χ1) is 20.6. The van der Waals surface area contributed by atoms with Gasteiger partial charge in [0.2, 0.25) is 5.91 Å². The van der Waals surface area contributed by atoms with E-state index >= 15 is 0 Å². The molecular formula is C34H41ClN2O6. The number of hydrogen-bond donors (Lipinski definition) is 2. The van der Waals surface area contributed by atoms with Gasteiger partial charge in [-0.05, 0) is 91.3 Å². The smallest absolute Gasteiger partial charge is 0.343 e. The number of anilines is 1. The molecule has 2 aliphatic heterocycles. The molecule has 1 fully saturated rings. The summed E-state index contributed by atoms with van der Waals surface area (Å²) in [6, 6.07) is 11.4. The first kappa shape index (κ1) is 30.0. The van der Waals surface area contributed by atoms with Crippen molar-refractivity contribution in [3.63, 3.8) is 0 Å². The summed E-state index contributed by atoms with van der Waals surface area (Å²) >= 11 is 6.40. The molecule has 0 aromatic heterocycles. The number of halogens is 1. The number of carbonyl (C=O) groups is 2. The zero-order valence-corrected chi connectivity index (χ0v) is 25.7. The van der Waals surface area contributed by atoms with Crippen LogP contribution in [0.4, 0.5) is 5.69 Å². The van der Waals surface area contributed by atoms with Crippen LogP contribution in [0.15, 0.2) is 48.6 Å². The van der Waals surface area contributed by atoms with Gasteiger partial charge in [0.05, 0.1) is 31.9 Å². The van der Waals surface area contributed by atoms with Crippen molar-refractivity contribution in [3.05, 3.63) is 70.3 Å². The van der Waals surface area contributed by atoms with Crippen molar-refractivity contribution < 1.29 is 29.3 Å². The van der Waals surface area contributed by atoms with Gasteiger partial charge in [0.25, 0.3) is 0 Å². The second-order valence-electron chi connectivity index (χ2n) is 12.8. The van der Waals surface area contributed by atoms with Crippen molar-refractivity contribution in [1.29, 1.82) is 0 Å². The summed E-state index contributed by atoms with van der Waals surface area (Å²) in [5.41, 5.74) is 1.09. The van der Waals surface area contributed by atoms with Crippen LogP contribution in [0.25, 0.3) is 0 Å². The second-order valence-corrected chi connectivity index (χ2v) is 13.3. The predicted octanol–water partition coefficient (Wildman–Crippen LogP) is 4.37. The third-order valence-corrected chi connectivity index (χ3v) is 10.4. The zero-order chi connectivity index (χ0) is 30.4. The van der Waals surface area contributed by atoms with E-state index < -0.39 is 24.1 Å². The number of nitrogens with zero attached hydrogens (tertiary/aromatic N) is 2. The van der Waals surface area contributed by atoms with Gasteiger partial charge in [-0.2, -0.15) is 0 Å². The highest BCUT2D eigenvalue weighted by Crippen LogP contribution is 2.47. The zero-order valence-electron chi connectivity index (χ0n) is 24.9. The van der Waals surface area contributed by atoms with Gasteiger partial charge in [0.1, 0.15) is 5.75 Å². The lowest BCUT2D eigenvalue weighted by atomic mass is 9.68. The standard InChI is InChI=1S/C34H41ClN2O6/c1-36-15-4-3-7-29(38)26-11-8-23(26)19-37-20-33(14-5-6-22-16-25(35)10-12-27(22)33)21-43-30-13-9-24(17-28(30)37)34(41,18-31(36)39)32(40)42-2/h3,7,9-10,12-13,16-17,23,26,29,38,41H,4-6,8,11,14-15,18-21H2,1-2H3/b7-3-/t23-,26+,29+,33-,34-/m0/s1. The normalized spacial score (nSPS) is 31.7. The monoisotopic (exact) mass is 608 g/mol. The molecule has 1 saturated carbocycles. The highest BCUT2D eigenvalue weighted by molar-refractivity contribution is 6.30. The Hall–Kier alpha value is -3.07. The van der Waals surface area contributed by atoms with Crippen LogP contribution in [0.1, 0.15) is 55.2 Å². The van der Waals surface area contributed by atoms with Gasteiger partial charge in [-0.1, -0.05) is 35.9 Å². The molecule has 2 heterocycles. The van der Waals surface area contributed by atoms with E-state index in [1.807, 2.05) is 18.2 Å². The van der Waals surface area contributed by atoms with Crippen LogP contribution in [0.5, 0.6) is 5.75 Å². The Morgan fingerprint density at radius 2 is 2.02 bits per heavy atom. The second kappa shape index (κ2) is 11.8. The summed E-state index contributed by atoms with van der Waals surface area (Å²) in [5, 5.41) is 23.7. The summed E-state index contributed by atoms with van der Waals surface area (Å²) in [7, 11) is 2.87. The van der Waals surface area contributed by atoms with Crippen LogP contribution in [-0.4, -0.2) is 73.5 Å². The molecule has 2 bridgehead atoms. The topological polar surface area (TPSA) is 99.5 Å². The minimum absolute atomic E-state index is 0.125. The van der Waals surface area contributed by atoms with Gasteiger partial charge in [-0.3, -0.25) is 4.79 Å². The maximum absolute atomic E-state index is 13.2. The van der Waals surface area contributed by atoms with Crippen LogP contribution >= 0.6 is 11.6 Å². The minimum Gasteiger partial charge on any atom is -0.490 e. The van der Waals surface area contributed by atoms with E-state index in [2.05, 4.69) is 17.0 Å². The van der Waals surface area contributed by atoms with Crippen molar-refractivity contribution in [3.8, 4) is 5.75 Å².